The van der Waals surface area contributed by atoms with Gasteiger partial charge in [-0.2, -0.15) is 0 Å². The Labute approximate surface area is 96.8 Å². The zero-order valence-corrected chi connectivity index (χ0v) is 9.74. The third-order valence-electron chi connectivity index (χ3n) is 2.24. The first kappa shape index (κ1) is 15.3. The Morgan fingerprint density at radius 2 is 1.69 bits per heavy atom. The Morgan fingerprint density at radius 3 is 2.00 bits per heavy atom. The lowest BCUT2D eigenvalue weighted by atomic mass is 10.1. The van der Waals surface area contributed by atoms with Crippen LogP contribution in [0.4, 0.5) is 0 Å². The van der Waals surface area contributed by atoms with Crippen LogP contribution < -0.4 is 22.1 Å². The van der Waals surface area contributed by atoms with Gasteiger partial charge in [-0.3, -0.25) is 4.79 Å². The molecule has 7 N–H and O–H groups in total. The Hall–Kier alpha value is -0.690. The smallest absolute Gasteiger partial charge is 0.320 e. The van der Waals surface area contributed by atoms with Crippen LogP contribution >= 0.6 is 0 Å². The van der Waals surface area contributed by atoms with Crippen LogP contribution in [0, 0.1) is 0 Å². The highest BCUT2D eigenvalue weighted by Crippen LogP contribution is 1.96. The van der Waals surface area contributed by atoms with Gasteiger partial charge in [0.25, 0.3) is 0 Å². The number of unbranched alkanes of at least 4 members (excludes halogenated alkanes) is 1. The monoisotopic (exact) mass is 232 g/mol. The van der Waals surface area contributed by atoms with Crippen LogP contribution in [0.1, 0.15) is 19.3 Å². The van der Waals surface area contributed by atoms with Crippen LogP contribution in [0.5, 0.6) is 0 Å². The molecule has 1 atom stereocenters. The van der Waals surface area contributed by atoms with Crippen LogP contribution in [0.3, 0.4) is 0 Å². The van der Waals surface area contributed by atoms with Gasteiger partial charge in [-0.1, -0.05) is 6.42 Å². The molecule has 1 rings (SSSR count). The zero-order valence-electron chi connectivity index (χ0n) is 9.74. The first-order chi connectivity index (χ1) is 7.68. The molecule has 96 valence electrons. The Bertz CT molecular complexity index is 163. The number of nitrogens with two attached hydrogens (primary N) is 2. The second kappa shape index (κ2) is 10.8. The van der Waals surface area contributed by atoms with Gasteiger partial charge in [-0.15, -0.1) is 0 Å². The molecule has 0 saturated carbocycles. The minimum Gasteiger partial charge on any atom is -0.480 e. The average Bonchev–Trinajstić information content (AvgIpc) is 2.32. The van der Waals surface area contributed by atoms with Crippen LogP contribution in [0.25, 0.3) is 0 Å². The molecule has 0 radical (unpaired) electrons. The molecule has 1 aliphatic heterocycles. The van der Waals surface area contributed by atoms with E-state index >= 15 is 0 Å². The van der Waals surface area contributed by atoms with Crippen molar-refractivity contribution >= 4 is 5.97 Å². The predicted octanol–water partition coefficient (Wildman–Crippen LogP) is -1.29. The maximum Gasteiger partial charge on any atom is 0.320 e. The Morgan fingerprint density at radius 1 is 1.19 bits per heavy atom. The van der Waals surface area contributed by atoms with Crippen molar-refractivity contribution < 1.29 is 9.90 Å². The molecule has 0 aliphatic carbocycles. The van der Waals surface area contributed by atoms with Gasteiger partial charge < -0.3 is 27.2 Å². The fraction of sp³-hybridized carbons (Fsp3) is 0.900. The van der Waals surface area contributed by atoms with Gasteiger partial charge in [-0.05, 0) is 19.4 Å². The molecule has 1 fully saturated rings. The summed E-state index contributed by atoms with van der Waals surface area (Å²) in [7, 11) is 0. The van der Waals surface area contributed by atoms with Gasteiger partial charge in [0.1, 0.15) is 6.04 Å². The molecule has 0 amide bonds. The van der Waals surface area contributed by atoms with Crippen molar-refractivity contribution in [3.63, 3.8) is 0 Å². The fourth-order valence-corrected chi connectivity index (χ4v) is 1.24. The Balaban J connectivity index is 0.000000315. The second-order valence-corrected chi connectivity index (χ2v) is 3.73. The topological polar surface area (TPSA) is 113 Å². The first-order valence-corrected chi connectivity index (χ1v) is 5.78. The molecular weight excluding hydrogens is 208 g/mol. The molecule has 0 aromatic heterocycles. The number of rotatable bonds is 5. The van der Waals surface area contributed by atoms with E-state index in [4.69, 9.17) is 16.6 Å². The molecule has 0 spiro atoms. The number of carboxylic acids is 1. The summed E-state index contributed by atoms with van der Waals surface area (Å²) in [5.74, 6) is -0.933. The summed E-state index contributed by atoms with van der Waals surface area (Å²) in [6.07, 6.45) is 2.16. The van der Waals surface area contributed by atoms with Crippen LogP contribution in [-0.4, -0.2) is 49.8 Å². The number of hydrogen-bond donors (Lipinski definition) is 5. The van der Waals surface area contributed by atoms with E-state index in [0.717, 1.165) is 39.0 Å². The third-order valence-corrected chi connectivity index (χ3v) is 2.24. The van der Waals surface area contributed by atoms with Crippen molar-refractivity contribution in [2.45, 2.75) is 25.3 Å². The van der Waals surface area contributed by atoms with Crippen molar-refractivity contribution in [3.05, 3.63) is 0 Å². The SMILES string of the molecule is C1CNCCN1.NCCCC[C@H](N)C(=O)O. The minimum atomic E-state index is -0.933. The van der Waals surface area contributed by atoms with Crippen LogP contribution in [-0.2, 0) is 4.79 Å². The summed E-state index contributed by atoms with van der Waals surface area (Å²) in [5.41, 5.74) is 10.4. The highest BCUT2D eigenvalue weighted by Gasteiger charge is 2.09. The lowest BCUT2D eigenvalue weighted by Gasteiger charge is -2.11. The number of carbonyl (C=O) groups is 1. The zero-order chi connectivity index (χ0) is 12.2. The predicted molar refractivity (Wildman–Crippen MR) is 64.3 cm³/mol. The summed E-state index contributed by atoms with van der Waals surface area (Å²) in [5, 5.41) is 14.8. The number of nitrogens with one attached hydrogen (secondary N) is 2. The molecule has 0 aromatic carbocycles. The van der Waals surface area contributed by atoms with Crippen molar-refractivity contribution in [2.75, 3.05) is 32.7 Å². The molecule has 6 heteroatoms. The molecule has 1 saturated heterocycles. The molecule has 1 aliphatic rings. The van der Waals surface area contributed by atoms with E-state index < -0.39 is 12.0 Å². The first-order valence-electron chi connectivity index (χ1n) is 5.78. The third kappa shape index (κ3) is 9.85. The van der Waals surface area contributed by atoms with Crippen molar-refractivity contribution in [1.29, 1.82) is 0 Å². The molecular formula is C10H24N4O2. The number of aliphatic carboxylic acids is 1. The molecule has 6 nitrogen and oxygen atoms in total. The van der Waals surface area contributed by atoms with Gasteiger partial charge in [0.05, 0.1) is 0 Å². The van der Waals surface area contributed by atoms with Crippen molar-refractivity contribution in [1.82, 2.24) is 10.6 Å². The van der Waals surface area contributed by atoms with E-state index in [0.29, 0.717) is 13.0 Å². The molecule has 0 aromatic rings. The minimum absolute atomic E-state index is 0.520. The van der Waals surface area contributed by atoms with E-state index in [-0.39, 0.29) is 0 Å². The number of hydrogen-bond acceptors (Lipinski definition) is 5. The second-order valence-electron chi connectivity index (χ2n) is 3.73. The highest BCUT2D eigenvalue weighted by molar-refractivity contribution is 5.72. The van der Waals surface area contributed by atoms with Gasteiger partial charge in [0, 0.05) is 26.2 Å². The van der Waals surface area contributed by atoms with E-state index in [1.165, 1.54) is 0 Å². The largest absolute Gasteiger partial charge is 0.480 e. The summed E-state index contributed by atoms with van der Waals surface area (Å²) in [4.78, 5) is 10.1. The molecule has 0 unspecified atom stereocenters. The lowest BCUT2D eigenvalue weighted by Crippen LogP contribution is -2.39. The standard InChI is InChI=1S/C6H14N2O2.C4H10N2/c7-4-2-1-3-5(8)6(9)10;1-2-6-4-3-5-1/h5H,1-4,7-8H2,(H,9,10);5-6H,1-4H2/t5-;/m0./s1. The van der Waals surface area contributed by atoms with Crippen molar-refractivity contribution in [3.8, 4) is 0 Å². The van der Waals surface area contributed by atoms with Gasteiger partial charge in [-0.25, -0.2) is 0 Å². The summed E-state index contributed by atoms with van der Waals surface area (Å²) in [6.45, 7) is 5.16. The normalized spacial score (nSPS) is 17.1. The molecule has 1 heterocycles. The van der Waals surface area contributed by atoms with Gasteiger partial charge >= 0.3 is 5.97 Å². The summed E-state index contributed by atoms with van der Waals surface area (Å²) >= 11 is 0. The van der Waals surface area contributed by atoms with Gasteiger partial charge in [0.15, 0.2) is 0 Å². The maximum atomic E-state index is 10.1. The van der Waals surface area contributed by atoms with Crippen LogP contribution in [0.2, 0.25) is 0 Å². The summed E-state index contributed by atoms with van der Waals surface area (Å²) in [6, 6.07) is -0.716. The van der Waals surface area contributed by atoms with E-state index in [1.54, 1.807) is 0 Å². The Kier molecular flexibility index (Phi) is 10.3. The highest BCUT2D eigenvalue weighted by atomic mass is 16.4. The van der Waals surface area contributed by atoms with E-state index in [9.17, 15) is 4.79 Å². The van der Waals surface area contributed by atoms with E-state index in [2.05, 4.69) is 10.6 Å². The lowest BCUT2D eigenvalue weighted by molar-refractivity contribution is -0.138. The fourth-order valence-electron chi connectivity index (χ4n) is 1.24. The quantitative estimate of drug-likeness (QED) is 0.377. The van der Waals surface area contributed by atoms with Crippen molar-refractivity contribution in [2.24, 2.45) is 11.5 Å². The molecule has 16 heavy (non-hydrogen) atoms. The number of piperazine rings is 1. The molecule has 0 bridgehead atoms. The van der Waals surface area contributed by atoms with E-state index in [1.807, 2.05) is 0 Å². The maximum absolute atomic E-state index is 10.1. The van der Waals surface area contributed by atoms with Gasteiger partial charge in [0.2, 0.25) is 0 Å². The van der Waals surface area contributed by atoms with Crippen LogP contribution in [0.15, 0.2) is 0 Å². The average molecular weight is 232 g/mol. The number of carboxylic acid groups (broad SMARTS) is 1. The summed E-state index contributed by atoms with van der Waals surface area (Å²) < 4.78 is 0.